The molecule has 1 heterocycles. The number of nitrogens with zero attached hydrogens (tertiary/aromatic N) is 1. The maximum absolute atomic E-state index is 4.18. The molecule has 0 aliphatic rings. The summed E-state index contributed by atoms with van der Waals surface area (Å²) in [6.07, 6.45) is 5.68. The number of benzene rings is 3. The first-order chi connectivity index (χ1) is 13.8. The van der Waals surface area contributed by atoms with Gasteiger partial charge in [-0.1, -0.05) is 73.7 Å². The van der Waals surface area contributed by atoms with Gasteiger partial charge in [-0.2, -0.15) is 5.10 Å². The van der Waals surface area contributed by atoms with Gasteiger partial charge in [0.15, 0.2) is 0 Å². The van der Waals surface area contributed by atoms with Crippen molar-refractivity contribution in [3.8, 4) is 0 Å². The van der Waals surface area contributed by atoms with Crippen LogP contribution < -0.4 is 0 Å². The van der Waals surface area contributed by atoms with E-state index in [0.717, 1.165) is 23.7 Å². The third kappa shape index (κ3) is 3.54. The molecule has 3 aromatic carbocycles. The van der Waals surface area contributed by atoms with Crippen molar-refractivity contribution in [2.45, 2.75) is 19.8 Å². The summed E-state index contributed by atoms with van der Waals surface area (Å²) in [6.45, 7) is 6.07. The van der Waals surface area contributed by atoms with Crippen molar-refractivity contribution in [1.29, 1.82) is 0 Å². The van der Waals surface area contributed by atoms with E-state index in [-0.39, 0.29) is 0 Å². The first kappa shape index (κ1) is 18.0. The van der Waals surface area contributed by atoms with E-state index in [1.807, 2.05) is 12.3 Å². The first-order valence-electron chi connectivity index (χ1n) is 9.72. The fraction of sp³-hybridized carbons (Fsp3) is 0.115. The summed E-state index contributed by atoms with van der Waals surface area (Å²) in [4.78, 5) is 0. The number of H-pyrrole nitrogens is 1. The fourth-order valence-corrected chi connectivity index (χ4v) is 3.75. The number of rotatable bonds is 6. The van der Waals surface area contributed by atoms with Crippen molar-refractivity contribution in [3.05, 3.63) is 114 Å². The molecule has 1 N–H and O–H groups in total. The molecule has 0 bridgehead atoms. The van der Waals surface area contributed by atoms with Crippen LogP contribution in [0.2, 0.25) is 0 Å². The van der Waals surface area contributed by atoms with Crippen molar-refractivity contribution in [3.63, 3.8) is 0 Å². The van der Waals surface area contributed by atoms with Crippen LogP contribution in [0.1, 0.15) is 35.6 Å². The molecule has 1 aromatic heterocycles. The number of aromatic nitrogens is 2. The van der Waals surface area contributed by atoms with Crippen LogP contribution in [-0.4, -0.2) is 10.2 Å². The summed E-state index contributed by atoms with van der Waals surface area (Å²) in [7, 11) is 0. The van der Waals surface area contributed by atoms with Gasteiger partial charge in [-0.15, -0.1) is 6.58 Å². The van der Waals surface area contributed by atoms with Gasteiger partial charge in [-0.25, -0.2) is 0 Å². The van der Waals surface area contributed by atoms with E-state index >= 15 is 0 Å². The van der Waals surface area contributed by atoms with Crippen molar-refractivity contribution in [2.24, 2.45) is 0 Å². The lowest BCUT2D eigenvalue weighted by Crippen LogP contribution is -1.95. The van der Waals surface area contributed by atoms with Gasteiger partial charge in [0.25, 0.3) is 0 Å². The highest BCUT2D eigenvalue weighted by Gasteiger charge is 2.14. The molecule has 0 saturated carbocycles. The van der Waals surface area contributed by atoms with Crippen molar-refractivity contribution in [2.75, 3.05) is 0 Å². The zero-order valence-electron chi connectivity index (χ0n) is 16.2. The highest BCUT2D eigenvalue weighted by molar-refractivity contribution is 6.00. The molecule has 2 nitrogen and oxygen atoms in total. The van der Waals surface area contributed by atoms with Crippen LogP contribution in [0, 0.1) is 0 Å². The van der Waals surface area contributed by atoms with Crippen molar-refractivity contribution < 1.29 is 0 Å². The molecule has 0 unspecified atom stereocenters. The molecule has 0 fully saturated rings. The van der Waals surface area contributed by atoms with Crippen LogP contribution in [0.3, 0.4) is 0 Å². The summed E-state index contributed by atoms with van der Waals surface area (Å²) < 4.78 is 0. The largest absolute Gasteiger partial charge is 0.278 e. The van der Waals surface area contributed by atoms with Gasteiger partial charge in [-0.05, 0) is 58.4 Å². The summed E-state index contributed by atoms with van der Waals surface area (Å²) in [6, 6.07) is 26.1. The lowest BCUT2D eigenvalue weighted by atomic mass is 9.87. The average molecular weight is 364 g/mol. The molecule has 0 radical (unpaired) electrons. The average Bonchev–Trinajstić information content (AvgIpc) is 3.21. The van der Waals surface area contributed by atoms with Crippen LogP contribution in [0.25, 0.3) is 22.0 Å². The Bertz CT molecular complexity index is 1120. The summed E-state index contributed by atoms with van der Waals surface area (Å²) in [5.74, 6) is 0. The van der Waals surface area contributed by atoms with E-state index < -0.39 is 0 Å². The highest BCUT2D eigenvalue weighted by Crippen LogP contribution is 2.35. The molecule has 0 aliphatic carbocycles. The van der Waals surface area contributed by atoms with E-state index in [1.54, 1.807) is 0 Å². The summed E-state index contributed by atoms with van der Waals surface area (Å²) >= 11 is 0. The molecular formula is C26H24N2. The van der Waals surface area contributed by atoms with E-state index in [4.69, 9.17) is 0 Å². The predicted molar refractivity (Wildman–Crippen MR) is 119 cm³/mol. The Morgan fingerprint density at radius 3 is 2.39 bits per heavy atom. The number of nitrogens with one attached hydrogen (secondary N) is 1. The van der Waals surface area contributed by atoms with Gasteiger partial charge >= 0.3 is 0 Å². The molecular weight excluding hydrogens is 340 g/mol. The predicted octanol–water partition coefficient (Wildman–Crippen LogP) is 6.66. The van der Waals surface area contributed by atoms with Crippen molar-refractivity contribution >= 4 is 22.0 Å². The van der Waals surface area contributed by atoms with E-state index in [0.29, 0.717) is 0 Å². The Hall–Kier alpha value is -3.39. The molecule has 0 aliphatic heterocycles. The van der Waals surface area contributed by atoms with E-state index in [9.17, 15) is 0 Å². The minimum Gasteiger partial charge on any atom is -0.278 e. The van der Waals surface area contributed by atoms with Gasteiger partial charge < -0.3 is 0 Å². The minimum atomic E-state index is 0.889. The molecule has 0 amide bonds. The normalized spacial score (nSPS) is 12.0. The first-order valence-corrected chi connectivity index (χ1v) is 9.72. The Balaban J connectivity index is 1.94. The van der Waals surface area contributed by atoms with Crippen LogP contribution in [0.4, 0.5) is 0 Å². The third-order valence-corrected chi connectivity index (χ3v) is 5.13. The standard InChI is InChI=1S/C26H24N2/c1-3-8-19-11-13-21(14-12-19)26(24(4-2)20-9-6-5-7-10-20)22-15-16-25-23(17-22)18-27-28-25/h3,5-7,9-18H,1,4,8H2,2H3,(H,27,28)/b26-24+. The Morgan fingerprint density at radius 1 is 0.929 bits per heavy atom. The Labute approximate surface area is 166 Å². The maximum Gasteiger partial charge on any atom is 0.0650 e. The van der Waals surface area contributed by atoms with Crippen LogP contribution >= 0.6 is 0 Å². The SMILES string of the molecule is C=CCc1ccc(/C(=C(/CC)c2ccccc2)c2ccc3[nH]ncc3c2)cc1. The molecule has 2 heteroatoms. The molecule has 0 atom stereocenters. The Kier molecular flexibility index (Phi) is 5.20. The molecule has 138 valence electrons. The van der Waals surface area contributed by atoms with Gasteiger partial charge in [0.2, 0.25) is 0 Å². The van der Waals surface area contributed by atoms with E-state index in [2.05, 4.69) is 96.5 Å². The smallest absolute Gasteiger partial charge is 0.0650 e. The second kappa shape index (κ2) is 8.10. The molecule has 28 heavy (non-hydrogen) atoms. The Morgan fingerprint density at radius 2 is 1.68 bits per heavy atom. The fourth-order valence-electron chi connectivity index (χ4n) is 3.75. The molecule has 4 rings (SSSR count). The number of fused-ring (bicyclic) bond motifs is 1. The molecule has 4 aromatic rings. The monoisotopic (exact) mass is 364 g/mol. The third-order valence-electron chi connectivity index (χ3n) is 5.13. The maximum atomic E-state index is 4.18. The summed E-state index contributed by atoms with van der Waals surface area (Å²) in [5, 5.41) is 8.35. The molecule has 0 saturated heterocycles. The minimum absolute atomic E-state index is 0.889. The van der Waals surface area contributed by atoms with E-state index in [1.165, 1.54) is 33.4 Å². The lowest BCUT2D eigenvalue weighted by Gasteiger charge is -2.17. The van der Waals surface area contributed by atoms with Gasteiger partial charge in [0, 0.05) is 5.39 Å². The number of hydrogen-bond acceptors (Lipinski definition) is 1. The molecule has 0 spiro atoms. The second-order valence-corrected chi connectivity index (χ2v) is 6.93. The zero-order chi connectivity index (χ0) is 19.3. The van der Waals surface area contributed by atoms with Crippen LogP contribution in [-0.2, 0) is 6.42 Å². The number of allylic oxidation sites excluding steroid dienone is 2. The van der Waals surface area contributed by atoms with Gasteiger partial charge in [-0.3, -0.25) is 5.10 Å². The number of aromatic amines is 1. The number of hydrogen-bond donors (Lipinski definition) is 1. The van der Waals surface area contributed by atoms with Crippen LogP contribution in [0.15, 0.2) is 91.6 Å². The van der Waals surface area contributed by atoms with Crippen LogP contribution in [0.5, 0.6) is 0 Å². The quantitative estimate of drug-likeness (QED) is 0.301. The second-order valence-electron chi connectivity index (χ2n) is 6.93. The zero-order valence-corrected chi connectivity index (χ0v) is 16.2. The topological polar surface area (TPSA) is 28.7 Å². The summed E-state index contributed by atoms with van der Waals surface area (Å²) in [5.41, 5.74) is 8.68. The van der Waals surface area contributed by atoms with Gasteiger partial charge in [0.05, 0.1) is 11.7 Å². The van der Waals surface area contributed by atoms with Crippen molar-refractivity contribution in [1.82, 2.24) is 10.2 Å². The highest BCUT2D eigenvalue weighted by atomic mass is 15.1. The van der Waals surface area contributed by atoms with Gasteiger partial charge in [0.1, 0.15) is 0 Å². The lowest BCUT2D eigenvalue weighted by molar-refractivity contribution is 1.12.